The van der Waals surface area contributed by atoms with Crippen LogP contribution in [-0.2, 0) is 4.79 Å². The lowest BCUT2D eigenvalue weighted by molar-refractivity contribution is -0.136. The zero-order valence-electron chi connectivity index (χ0n) is 19.8. The van der Waals surface area contributed by atoms with Gasteiger partial charge in [-0.25, -0.2) is 8.78 Å². The second-order valence-corrected chi connectivity index (χ2v) is 9.54. The van der Waals surface area contributed by atoms with E-state index in [-0.39, 0.29) is 36.5 Å². The summed E-state index contributed by atoms with van der Waals surface area (Å²) >= 11 is 0. The first-order chi connectivity index (χ1) is 16.1. The minimum absolute atomic E-state index is 0.110. The molecule has 2 aliphatic rings. The second kappa shape index (κ2) is 8.81. The van der Waals surface area contributed by atoms with E-state index in [1.165, 1.54) is 9.80 Å². The molecule has 4 rings (SSSR count). The number of fused-ring (bicyclic) bond motifs is 1. The molecular weight excluding hydrogens is 440 g/mol. The first-order valence-corrected chi connectivity index (χ1v) is 11.5. The summed E-state index contributed by atoms with van der Waals surface area (Å²) in [6, 6.07) is 9.84. The third-order valence-corrected chi connectivity index (χ3v) is 7.02. The molecule has 1 atom stereocenters. The van der Waals surface area contributed by atoms with Gasteiger partial charge < -0.3 is 14.7 Å². The minimum Gasteiger partial charge on any atom is -0.348 e. The Morgan fingerprint density at radius 3 is 2.32 bits per heavy atom. The summed E-state index contributed by atoms with van der Waals surface area (Å²) in [5, 5.41) is 0. The van der Waals surface area contributed by atoms with Crippen molar-refractivity contribution in [2.45, 2.75) is 44.2 Å². The molecule has 6 nitrogen and oxygen atoms in total. The van der Waals surface area contributed by atoms with Crippen LogP contribution < -0.4 is 0 Å². The molecule has 34 heavy (non-hydrogen) atoms. The van der Waals surface area contributed by atoms with Gasteiger partial charge in [0.05, 0.1) is 17.0 Å². The number of carbonyl (C=O) groups excluding carboxylic acids is 3. The first kappa shape index (κ1) is 23.9. The van der Waals surface area contributed by atoms with Crippen molar-refractivity contribution in [1.82, 2.24) is 14.7 Å². The van der Waals surface area contributed by atoms with Gasteiger partial charge in [0, 0.05) is 38.8 Å². The van der Waals surface area contributed by atoms with E-state index in [2.05, 4.69) is 0 Å². The van der Waals surface area contributed by atoms with Crippen molar-refractivity contribution in [2.75, 3.05) is 27.2 Å². The highest BCUT2D eigenvalue weighted by molar-refractivity contribution is 6.02. The third-order valence-electron chi connectivity index (χ3n) is 7.02. The van der Waals surface area contributed by atoms with Crippen molar-refractivity contribution >= 4 is 17.7 Å². The number of piperidine rings is 1. The zero-order chi connectivity index (χ0) is 24.8. The van der Waals surface area contributed by atoms with Crippen LogP contribution >= 0.6 is 0 Å². The maximum Gasteiger partial charge on any atom is 0.256 e. The smallest absolute Gasteiger partial charge is 0.256 e. The van der Waals surface area contributed by atoms with Crippen LogP contribution in [0.5, 0.6) is 0 Å². The maximum absolute atomic E-state index is 14.2. The van der Waals surface area contributed by atoms with E-state index in [0.29, 0.717) is 24.0 Å². The highest BCUT2D eigenvalue weighted by atomic mass is 19.1. The monoisotopic (exact) mass is 469 g/mol. The molecule has 0 saturated carbocycles. The number of hydrogen-bond donors (Lipinski definition) is 0. The van der Waals surface area contributed by atoms with Crippen LogP contribution in [0.1, 0.15) is 58.9 Å². The number of nitrogens with zero attached hydrogens (tertiary/aromatic N) is 3. The lowest BCUT2D eigenvalue weighted by Crippen LogP contribution is -2.67. The molecule has 2 aliphatic heterocycles. The molecule has 8 heteroatoms. The van der Waals surface area contributed by atoms with E-state index >= 15 is 0 Å². The van der Waals surface area contributed by atoms with Crippen LogP contribution in [0.2, 0.25) is 0 Å². The number of halogens is 2. The summed E-state index contributed by atoms with van der Waals surface area (Å²) in [7, 11) is 3.39. The van der Waals surface area contributed by atoms with Crippen LogP contribution in [-0.4, -0.2) is 71.2 Å². The Morgan fingerprint density at radius 1 is 1.06 bits per heavy atom. The van der Waals surface area contributed by atoms with Gasteiger partial charge in [0.25, 0.3) is 11.8 Å². The van der Waals surface area contributed by atoms with Gasteiger partial charge in [0.2, 0.25) is 5.91 Å². The molecule has 2 heterocycles. The van der Waals surface area contributed by atoms with Crippen molar-refractivity contribution in [3.8, 4) is 0 Å². The van der Waals surface area contributed by atoms with Gasteiger partial charge >= 0.3 is 0 Å². The quantitative estimate of drug-likeness (QED) is 0.689. The predicted octanol–water partition coefficient (Wildman–Crippen LogP) is 3.68. The van der Waals surface area contributed by atoms with E-state index in [0.717, 1.165) is 18.2 Å². The molecule has 2 aromatic rings. The van der Waals surface area contributed by atoms with Crippen molar-refractivity contribution in [3.63, 3.8) is 0 Å². The molecular formula is C26H29F2N3O3. The van der Waals surface area contributed by atoms with Gasteiger partial charge in [-0.1, -0.05) is 18.2 Å². The summed E-state index contributed by atoms with van der Waals surface area (Å²) in [6.45, 7) is 4.27. The predicted molar refractivity (Wildman–Crippen MR) is 123 cm³/mol. The molecule has 0 N–H and O–H groups in total. The number of rotatable bonds is 3. The van der Waals surface area contributed by atoms with Crippen LogP contribution in [0.15, 0.2) is 42.5 Å². The Bertz CT molecular complexity index is 1140. The van der Waals surface area contributed by atoms with Crippen molar-refractivity contribution < 1.29 is 23.2 Å². The fourth-order valence-corrected chi connectivity index (χ4v) is 5.53. The Labute approximate surface area is 198 Å². The number of likely N-dealkylation sites (N-methyl/N-ethyl adjacent to an activating group) is 1. The van der Waals surface area contributed by atoms with Crippen molar-refractivity contribution in [3.05, 3.63) is 70.8 Å². The van der Waals surface area contributed by atoms with Crippen LogP contribution in [0.3, 0.4) is 0 Å². The van der Waals surface area contributed by atoms with Gasteiger partial charge in [-0.05, 0) is 56.5 Å². The average molecular weight is 470 g/mol. The zero-order valence-corrected chi connectivity index (χ0v) is 19.8. The number of carbonyl (C=O) groups is 3. The average Bonchev–Trinajstić information content (AvgIpc) is 2.80. The molecule has 0 aromatic heterocycles. The second-order valence-electron chi connectivity index (χ2n) is 9.54. The highest BCUT2D eigenvalue weighted by Crippen LogP contribution is 2.48. The fraction of sp³-hybridized carbons (Fsp3) is 0.423. The molecule has 180 valence electrons. The summed E-state index contributed by atoms with van der Waals surface area (Å²) < 4.78 is 27.9. The summed E-state index contributed by atoms with van der Waals surface area (Å²) in [6.07, 6.45) is 0.691. The van der Waals surface area contributed by atoms with Gasteiger partial charge in [-0.2, -0.15) is 0 Å². The molecule has 0 aliphatic carbocycles. The van der Waals surface area contributed by atoms with Gasteiger partial charge in [0.15, 0.2) is 0 Å². The molecule has 1 unspecified atom stereocenters. The van der Waals surface area contributed by atoms with Crippen molar-refractivity contribution in [1.29, 1.82) is 0 Å². The SMILES string of the molecule is CC(C)N1C(=O)c2ccccc2C(C(=O)N(C)C)C12CCN(C(=O)c1cc(F)ccc1F)CC2. The Morgan fingerprint density at radius 2 is 1.71 bits per heavy atom. The molecule has 0 bridgehead atoms. The number of likely N-dealkylation sites (tertiary alicyclic amines) is 1. The van der Waals surface area contributed by atoms with Gasteiger partial charge in [-0.15, -0.1) is 0 Å². The van der Waals surface area contributed by atoms with E-state index in [9.17, 15) is 23.2 Å². The van der Waals surface area contributed by atoms with Crippen LogP contribution in [0, 0.1) is 11.6 Å². The first-order valence-electron chi connectivity index (χ1n) is 11.5. The molecule has 0 radical (unpaired) electrons. The molecule has 1 saturated heterocycles. The third kappa shape index (κ3) is 3.75. The fourth-order valence-electron chi connectivity index (χ4n) is 5.53. The van der Waals surface area contributed by atoms with E-state index in [4.69, 9.17) is 0 Å². The van der Waals surface area contributed by atoms with Crippen LogP contribution in [0.25, 0.3) is 0 Å². The molecule has 1 spiro atoms. The summed E-state index contributed by atoms with van der Waals surface area (Å²) in [4.78, 5) is 45.0. The number of benzene rings is 2. The molecule has 2 aromatic carbocycles. The van der Waals surface area contributed by atoms with E-state index < -0.39 is 29.0 Å². The number of amides is 3. The maximum atomic E-state index is 14.2. The largest absolute Gasteiger partial charge is 0.348 e. The Balaban J connectivity index is 1.75. The van der Waals surface area contributed by atoms with Crippen molar-refractivity contribution in [2.24, 2.45) is 0 Å². The standard InChI is InChI=1S/C26H29F2N3O3/c1-16(2)31-24(33)19-8-6-5-7-18(19)22(25(34)29(3)4)26(31)11-13-30(14-12-26)23(32)20-15-17(27)9-10-21(20)28/h5-10,15-16,22H,11-14H2,1-4H3. The Kier molecular flexibility index (Phi) is 6.18. The lowest BCUT2D eigenvalue weighted by Gasteiger charge is -2.56. The Hall–Kier alpha value is -3.29. The van der Waals surface area contributed by atoms with Gasteiger partial charge in [0.1, 0.15) is 11.6 Å². The lowest BCUT2D eigenvalue weighted by atomic mass is 9.66. The van der Waals surface area contributed by atoms with E-state index in [1.54, 1.807) is 31.1 Å². The molecule has 3 amide bonds. The summed E-state index contributed by atoms with van der Waals surface area (Å²) in [5.41, 5.74) is 0.0576. The molecule has 1 fully saturated rings. The minimum atomic E-state index is -0.835. The summed E-state index contributed by atoms with van der Waals surface area (Å²) in [5.74, 6) is -2.90. The highest BCUT2D eigenvalue weighted by Gasteiger charge is 2.56. The normalized spacial score (nSPS) is 19.4. The van der Waals surface area contributed by atoms with Gasteiger partial charge in [-0.3, -0.25) is 14.4 Å². The van der Waals surface area contributed by atoms with E-state index in [1.807, 2.05) is 26.0 Å². The topological polar surface area (TPSA) is 60.9 Å². The number of hydrogen-bond acceptors (Lipinski definition) is 3. The van der Waals surface area contributed by atoms with Crippen LogP contribution in [0.4, 0.5) is 8.78 Å².